The zero-order valence-electron chi connectivity index (χ0n) is 12.2. The molecule has 0 unspecified atom stereocenters. The number of carbonyl (C=O) groups is 1. The van der Waals surface area contributed by atoms with Gasteiger partial charge in [0.1, 0.15) is 0 Å². The number of ether oxygens (including phenoxy) is 1. The third-order valence-corrected chi connectivity index (χ3v) is 3.15. The van der Waals surface area contributed by atoms with Gasteiger partial charge in [-0.05, 0) is 47.0 Å². The Bertz CT molecular complexity index is 411. The Hall–Kier alpha value is -1.52. The van der Waals surface area contributed by atoms with Gasteiger partial charge in [0.15, 0.2) is 5.75 Å². The predicted octanol–water partition coefficient (Wildman–Crippen LogP) is 3.12. The van der Waals surface area contributed by atoms with Crippen molar-refractivity contribution < 1.29 is 14.6 Å². The van der Waals surface area contributed by atoms with Crippen molar-refractivity contribution in [3.63, 3.8) is 0 Å². The van der Waals surface area contributed by atoms with Crippen LogP contribution in [-0.4, -0.2) is 27.5 Å². The molecule has 108 valence electrons. The summed E-state index contributed by atoms with van der Waals surface area (Å²) in [6, 6.07) is 0.328. The van der Waals surface area contributed by atoms with Crippen molar-refractivity contribution in [2.24, 2.45) is 5.41 Å². The Morgan fingerprint density at radius 1 is 1.47 bits per heavy atom. The molecule has 0 aliphatic rings. The number of rotatable bonds is 8. The van der Waals surface area contributed by atoms with Gasteiger partial charge in [0, 0.05) is 6.04 Å². The summed E-state index contributed by atoms with van der Waals surface area (Å²) in [5.41, 5.74) is -0.650. The smallest absolute Gasteiger partial charge is 0.309 e. The Morgan fingerprint density at radius 2 is 2.16 bits per heavy atom. The number of aromatic nitrogens is 2. The van der Waals surface area contributed by atoms with E-state index in [2.05, 4.69) is 18.9 Å². The van der Waals surface area contributed by atoms with Crippen molar-refractivity contribution in [2.45, 2.75) is 53.0 Å². The van der Waals surface area contributed by atoms with E-state index in [9.17, 15) is 4.79 Å². The molecule has 1 N–H and O–H groups in total. The summed E-state index contributed by atoms with van der Waals surface area (Å²) in [6.45, 7) is 8.22. The lowest BCUT2D eigenvalue weighted by Crippen LogP contribution is -2.23. The quantitative estimate of drug-likeness (QED) is 0.736. The Kier molecular flexibility index (Phi) is 5.39. The maximum Gasteiger partial charge on any atom is 0.309 e. The van der Waals surface area contributed by atoms with E-state index in [0.29, 0.717) is 19.1 Å². The van der Waals surface area contributed by atoms with E-state index in [4.69, 9.17) is 9.84 Å². The highest BCUT2D eigenvalue weighted by Gasteiger charge is 2.25. The fourth-order valence-corrected chi connectivity index (χ4v) is 1.64. The van der Waals surface area contributed by atoms with E-state index < -0.39 is 11.4 Å². The maximum atomic E-state index is 10.9. The predicted molar refractivity (Wildman–Crippen MR) is 73.4 cm³/mol. The van der Waals surface area contributed by atoms with Crippen LogP contribution in [0.15, 0.2) is 12.4 Å². The van der Waals surface area contributed by atoms with Crippen molar-refractivity contribution in [3.05, 3.63) is 12.4 Å². The number of carboxylic acid groups (broad SMARTS) is 1. The molecule has 0 aliphatic heterocycles. The van der Waals surface area contributed by atoms with Crippen LogP contribution in [0.25, 0.3) is 0 Å². The minimum absolute atomic E-state index is 0.328. The number of hydrogen-bond donors (Lipinski definition) is 1. The van der Waals surface area contributed by atoms with Crippen LogP contribution < -0.4 is 4.74 Å². The summed E-state index contributed by atoms with van der Waals surface area (Å²) in [7, 11) is 0. The summed E-state index contributed by atoms with van der Waals surface area (Å²) in [6.07, 6.45) is 5.95. The van der Waals surface area contributed by atoms with Crippen LogP contribution in [0.2, 0.25) is 0 Å². The van der Waals surface area contributed by atoms with Crippen molar-refractivity contribution in [1.29, 1.82) is 0 Å². The summed E-state index contributed by atoms with van der Waals surface area (Å²) < 4.78 is 7.43. The van der Waals surface area contributed by atoms with Crippen LogP contribution in [0.5, 0.6) is 5.75 Å². The summed E-state index contributed by atoms with van der Waals surface area (Å²) in [5.74, 6) is 0.0258. The van der Waals surface area contributed by atoms with Gasteiger partial charge >= 0.3 is 5.97 Å². The Morgan fingerprint density at radius 3 is 2.68 bits per heavy atom. The second-order valence-electron chi connectivity index (χ2n) is 5.74. The first-order chi connectivity index (χ1) is 8.83. The van der Waals surface area contributed by atoms with E-state index in [1.165, 1.54) is 0 Å². The SMILES string of the molecule is CC(C)n1cc(OCCCCC(C)(C)C(=O)O)cn1. The highest BCUT2D eigenvalue weighted by Crippen LogP contribution is 2.23. The standard InChI is InChI=1S/C14H24N2O3/c1-11(2)16-10-12(9-15-16)19-8-6-5-7-14(3,4)13(17)18/h9-11H,5-8H2,1-4H3,(H,17,18). The van der Waals surface area contributed by atoms with Crippen LogP contribution >= 0.6 is 0 Å². The van der Waals surface area contributed by atoms with Crippen molar-refractivity contribution in [2.75, 3.05) is 6.61 Å². The minimum atomic E-state index is -0.744. The molecule has 0 radical (unpaired) electrons. The fraction of sp³-hybridized carbons (Fsp3) is 0.714. The van der Waals surface area contributed by atoms with E-state index in [1.807, 2.05) is 10.9 Å². The normalized spacial score (nSPS) is 11.8. The van der Waals surface area contributed by atoms with Crippen LogP contribution in [0, 0.1) is 5.41 Å². The van der Waals surface area contributed by atoms with E-state index >= 15 is 0 Å². The van der Waals surface area contributed by atoms with E-state index in [-0.39, 0.29) is 0 Å². The third kappa shape index (κ3) is 4.93. The second kappa shape index (κ2) is 6.59. The van der Waals surface area contributed by atoms with Gasteiger partial charge in [-0.1, -0.05) is 0 Å². The van der Waals surface area contributed by atoms with E-state index in [1.54, 1.807) is 20.0 Å². The fourth-order valence-electron chi connectivity index (χ4n) is 1.64. The van der Waals surface area contributed by atoms with Crippen molar-refractivity contribution in [1.82, 2.24) is 9.78 Å². The van der Waals surface area contributed by atoms with Gasteiger partial charge in [0.2, 0.25) is 0 Å². The zero-order chi connectivity index (χ0) is 14.5. The van der Waals surface area contributed by atoms with Gasteiger partial charge in [-0.2, -0.15) is 5.10 Å². The molecule has 0 spiro atoms. The molecular formula is C14H24N2O3. The molecule has 0 saturated heterocycles. The second-order valence-corrected chi connectivity index (χ2v) is 5.74. The average molecular weight is 268 g/mol. The first-order valence-corrected chi connectivity index (χ1v) is 6.73. The lowest BCUT2D eigenvalue weighted by molar-refractivity contribution is -0.147. The van der Waals surface area contributed by atoms with Gasteiger partial charge in [0.05, 0.1) is 24.4 Å². The first-order valence-electron chi connectivity index (χ1n) is 6.73. The average Bonchev–Trinajstić information content (AvgIpc) is 2.77. The molecule has 0 amide bonds. The number of unbranched alkanes of at least 4 members (excludes halogenated alkanes) is 1. The number of hydrogen-bond acceptors (Lipinski definition) is 3. The maximum absolute atomic E-state index is 10.9. The molecular weight excluding hydrogens is 244 g/mol. The molecule has 0 aromatic carbocycles. The number of aliphatic carboxylic acids is 1. The monoisotopic (exact) mass is 268 g/mol. The number of nitrogens with zero attached hydrogens (tertiary/aromatic N) is 2. The lowest BCUT2D eigenvalue weighted by Gasteiger charge is -2.18. The molecule has 0 atom stereocenters. The summed E-state index contributed by atoms with van der Waals surface area (Å²) >= 11 is 0. The summed E-state index contributed by atoms with van der Waals surface area (Å²) in [5, 5.41) is 13.2. The zero-order valence-corrected chi connectivity index (χ0v) is 12.2. The third-order valence-electron chi connectivity index (χ3n) is 3.15. The van der Waals surface area contributed by atoms with Crippen LogP contribution in [0.3, 0.4) is 0 Å². The van der Waals surface area contributed by atoms with Gasteiger partial charge < -0.3 is 9.84 Å². The molecule has 1 heterocycles. The van der Waals surface area contributed by atoms with Gasteiger partial charge in [0.25, 0.3) is 0 Å². The van der Waals surface area contributed by atoms with Gasteiger partial charge in [-0.15, -0.1) is 0 Å². The Labute approximate surface area is 114 Å². The minimum Gasteiger partial charge on any atom is -0.490 e. The highest BCUT2D eigenvalue weighted by molar-refractivity contribution is 5.73. The largest absolute Gasteiger partial charge is 0.490 e. The van der Waals surface area contributed by atoms with Crippen molar-refractivity contribution >= 4 is 5.97 Å². The number of carboxylic acids is 1. The van der Waals surface area contributed by atoms with Crippen molar-refractivity contribution in [3.8, 4) is 5.75 Å². The molecule has 0 saturated carbocycles. The molecule has 1 aromatic rings. The molecule has 1 aromatic heterocycles. The molecule has 19 heavy (non-hydrogen) atoms. The molecule has 5 nitrogen and oxygen atoms in total. The van der Waals surface area contributed by atoms with Gasteiger partial charge in [-0.3, -0.25) is 9.48 Å². The van der Waals surface area contributed by atoms with Gasteiger partial charge in [-0.25, -0.2) is 0 Å². The molecule has 0 fully saturated rings. The lowest BCUT2D eigenvalue weighted by atomic mass is 9.87. The van der Waals surface area contributed by atoms with Crippen LogP contribution in [0.4, 0.5) is 0 Å². The van der Waals surface area contributed by atoms with Crippen LogP contribution in [-0.2, 0) is 4.79 Å². The molecule has 1 rings (SSSR count). The Balaban J connectivity index is 2.22. The topological polar surface area (TPSA) is 64.3 Å². The highest BCUT2D eigenvalue weighted by atomic mass is 16.5. The molecule has 0 bridgehead atoms. The summed E-state index contributed by atoms with van der Waals surface area (Å²) in [4.78, 5) is 10.9. The first kappa shape index (κ1) is 15.5. The molecule has 0 aliphatic carbocycles. The van der Waals surface area contributed by atoms with Crippen LogP contribution in [0.1, 0.15) is 53.0 Å². The van der Waals surface area contributed by atoms with E-state index in [0.717, 1.165) is 18.6 Å². The molecule has 5 heteroatoms.